The Hall–Kier alpha value is -1.02. The molecular weight excluding hydrogens is 210 g/mol. The first-order valence-electron chi connectivity index (χ1n) is 6.70. The van der Waals surface area contributed by atoms with Gasteiger partial charge < -0.3 is 10.1 Å². The fourth-order valence-corrected chi connectivity index (χ4v) is 2.18. The Morgan fingerprint density at radius 1 is 1.29 bits per heavy atom. The zero-order valence-electron chi connectivity index (χ0n) is 10.9. The summed E-state index contributed by atoms with van der Waals surface area (Å²) in [5.74, 6) is 1.89. The third-order valence-corrected chi connectivity index (χ3v) is 3.42. The molecule has 1 saturated carbocycles. The van der Waals surface area contributed by atoms with Gasteiger partial charge in [0.1, 0.15) is 5.75 Å². The van der Waals surface area contributed by atoms with Crippen LogP contribution in [0.3, 0.4) is 0 Å². The van der Waals surface area contributed by atoms with Crippen LogP contribution in [0.1, 0.15) is 44.2 Å². The molecule has 1 unspecified atom stereocenters. The zero-order valence-corrected chi connectivity index (χ0v) is 10.9. The van der Waals surface area contributed by atoms with Crippen molar-refractivity contribution in [3.05, 3.63) is 29.8 Å². The van der Waals surface area contributed by atoms with Crippen LogP contribution in [0.2, 0.25) is 0 Å². The molecule has 0 radical (unpaired) electrons. The van der Waals surface area contributed by atoms with Gasteiger partial charge in [-0.25, -0.2) is 0 Å². The van der Waals surface area contributed by atoms with Crippen LogP contribution >= 0.6 is 0 Å². The molecule has 2 heteroatoms. The van der Waals surface area contributed by atoms with Gasteiger partial charge >= 0.3 is 0 Å². The zero-order chi connectivity index (χ0) is 12.1. The van der Waals surface area contributed by atoms with Gasteiger partial charge in [-0.05, 0) is 43.0 Å². The van der Waals surface area contributed by atoms with E-state index in [0.717, 1.165) is 18.2 Å². The molecule has 2 rings (SSSR count). The molecule has 0 heterocycles. The number of ether oxygens (including phenoxy) is 1. The molecule has 17 heavy (non-hydrogen) atoms. The van der Waals surface area contributed by atoms with Gasteiger partial charge in [-0.15, -0.1) is 0 Å². The maximum Gasteiger partial charge on any atom is 0.118 e. The van der Waals surface area contributed by atoms with Gasteiger partial charge in [0.05, 0.1) is 7.11 Å². The van der Waals surface area contributed by atoms with Crippen molar-refractivity contribution in [2.24, 2.45) is 5.92 Å². The van der Waals surface area contributed by atoms with Crippen molar-refractivity contribution in [3.63, 3.8) is 0 Å². The molecule has 1 aliphatic rings. The van der Waals surface area contributed by atoms with Crippen molar-refractivity contribution in [1.29, 1.82) is 0 Å². The minimum absolute atomic E-state index is 0.522. The number of benzene rings is 1. The van der Waals surface area contributed by atoms with Crippen LogP contribution < -0.4 is 10.1 Å². The second-order valence-electron chi connectivity index (χ2n) is 4.96. The second-order valence-corrected chi connectivity index (χ2v) is 4.96. The predicted molar refractivity (Wildman–Crippen MR) is 71.4 cm³/mol. The molecule has 0 aromatic heterocycles. The van der Waals surface area contributed by atoms with Crippen LogP contribution in [0, 0.1) is 5.92 Å². The van der Waals surface area contributed by atoms with E-state index in [4.69, 9.17) is 4.74 Å². The Morgan fingerprint density at radius 2 is 2.00 bits per heavy atom. The van der Waals surface area contributed by atoms with Gasteiger partial charge in [0.25, 0.3) is 0 Å². The van der Waals surface area contributed by atoms with E-state index in [1.807, 2.05) is 0 Å². The largest absolute Gasteiger partial charge is 0.497 e. The van der Waals surface area contributed by atoms with Crippen molar-refractivity contribution < 1.29 is 4.74 Å². The molecule has 0 bridgehead atoms. The van der Waals surface area contributed by atoms with Gasteiger partial charge in [0, 0.05) is 6.04 Å². The standard InChI is InChI=1S/C15H23NO/c1-3-10-16-15(11-12-4-5-12)13-6-8-14(17-2)9-7-13/h6-9,12,15-16H,3-5,10-11H2,1-2H3. The SMILES string of the molecule is CCCNC(CC1CC1)c1ccc(OC)cc1. The maximum atomic E-state index is 5.20. The minimum Gasteiger partial charge on any atom is -0.497 e. The summed E-state index contributed by atoms with van der Waals surface area (Å²) in [6, 6.07) is 9.02. The van der Waals surface area contributed by atoms with Crippen LogP contribution in [-0.4, -0.2) is 13.7 Å². The van der Waals surface area contributed by atoms with Crippen LogP contribution in [0.4, 0.5) is 0 Å². The number of rotatable bonds is 7. The van der Waals surface area contributed by atoms with E-state index in [-0.39, 0.29) is 0 Å². The number of methoxy groups -OCH3 is 1. The third-order valence-electron chi connectivity index (χ3n) is 3.42. The Labute approximate surface area is 104 Å². The summed E-state index contributed by atoms with van der Waals surface area (Å²) in [6.07, 6.45) is 5.31. The molecular formula is C15H23NO. The highest BCUT2D eigenvalue weighted by Crippen LogP contribution is 2.37. The number of hydrogen-bond acceptors (Lipinski definition) is 2. The van der Waals surface area contributed by atoms with Crippen LogP contribution in [0.25, 0.3) is 0 Å². The summed E-state index contributed by atoms with van der Waals surface area (Å²) < 4.78 is 5.20. The van der Waals surface area contributed by atoms with E-state index in [1.54, 1.807) is 7.11 Å². The topological polar surface area (TPSA) is 21.3 Å². The van der Waals surface area contributed by atoms with Crippen molar-refractivity contribution in [2.75, 3.05) is 13.7 Å². The second kappa shape index (κ2) is 6.06. The summed E-state index contributed by atoms with van der Waals surface area (Å²) in [7, 11) is 1.71. The Kier molecular flexibility index (Phi) is 4.43. The average molecular weight is 233 g/mol. The molecule has 0 amide bonds. The molecule has 1 aliphatic carbocycles. The molecule has 2 nitrogen and oxygen atoms in total. The van der Waals surface area contributed by atoms with Crippen LogP contribution in [-0.2, 0) is 0 Å². The monoisotopic (exact) mass is 233 g/mol. The van der Waals surface area contributed by atoms with Crippen molar-refractivity contribution >= 4 is 0 Å². The molecule has 94 valence electrons. The van der Waals surface area contributed by atoms with Crippen LogP contribution in [0.5, 0.6) is 5.75 Å². The van der Waals surface area contributed by atoms with Crippen LogP contribution in [0.15, 0.2) is 24.3 Å². The normalized spacial score (nSPS) is 16.8. The Bertz CT molecular complexity index is 329. The summed E-state index contributed by atoms with van der Waals surface area (Å²) >= 11 is 0. The first-order valence-corrected chi connectivity index (χ1v) is 6.70. The highest BCUT2D eigenvalue weighted by molar-refractivity contribution is 5.29. The Morgan fingerprint density at radius 3 is 2.53 bits per heavy atom. The highest BCUT2D eigenvalue weighted by Gasteiger charge is 2.25. The van der Waals surface area contributed by atoms with Gasteiger partial charge in [0.2, 0.25) is 0 Å². The predicted octanol–water partition coefficient (Wildman–Crippen LogP) is 3.54. The van der Waals surface area contributed by atoms with E-state index in [1.165, 1.54) is 31.2 Å². The quantitative estimate of drug-likeness (QED) is 0.778. The smallest absolute Gasteiger partial charge is 0.118 e. The fraction of sp³-hybridized carbons (Fsp3) is 0.600. The van der Waals surface area contributed by atoms with E-state index in [0.29, 0.717) is 6.04 Å². The van der Waals surface area contributed by atoms with Gasteiger partial charge in [-0.2, -0.15) is 0 Å². The number of nitrogens with one attached hydrogen (secondary N) is 1. The highest BCUT2D eigenvalue weighted by atomic mass is 16.5. The van der Waals surface area contributed by atoms with Gasteiger partial charge in [-0.3, -0.25) is 0 Å². The molecule has 0 aliphatic heterocycles. The van der Waals surface area contributed by atoms with Crippen molar-refractivity contribution in [2.45, 2.75) is 38.6 Å². The van der Waals surface area contributed by atoms with Crippen molar-refractivity contribution in [1.82, 2.24) is 5.32 Å². The number of hydrogen-bond donors (Lipinski definition) is 1. The first kappa shape index (κ1) is 12.4. The fourth-order valence-electron chi connectivity index (χ4n) is 2.18. The van der Waals surface area contributed by atoms with Gasteiger partial charge in [-0.1, -0.05) is 31.9 Å². The van der Waals surface area contributed by atoms with Gasteiger partial charge in [0.15, 0.2) is 0 Å². The van der Waals surface area contributed by atoms with E-state index >= 15 is 0 Å². The molecule has 1 aromatic rings. The lowest BCUT2D eigenvalue weighted by Gasteiger charge is -2.19. The maximum absolute atomic E-state index is 5.20. The molecule has 1 atom stereocenters. The lowest BCUT2D eigenvalue weighted by Crippen LogP contribution is -2.22. The molecule has 0 saturated heterocycles. The molecule has 1 aromatic carbocycles. The molecule has 1 N–H and O–H groups in total. The summed E-state index contributed by atoms with van der Waals surface area (Å²) in [4.78, 5) is 0. The minimum atomic E-state index is 0.522. The van der Waals surface area contributed by atoms with Crippen molar-refractivity contribution in [3.8, 4) is 5.75 Å². The first-order chi connectivity index (χ1) is 8.33. The lowest BCUT2D eigenvalue weighted by atomic mass is 10.0. The summed E-state index contributed by atoms with van der Waals surface area (Å²) in [6.45, 7) is 3.32. The third kappa shape index (κ3) is 3.74. The average Bonchev–Trinajstić information content (AvgIpc) is 3.18. The van der Waals surface area contributed by atoms with E-state index in [9.17, 15) is 0 Å². The Balaban J connectivity index is 2.00. The lowest BCUT2D eigenvalue weighted by molar-refractivity contribution is 0.413. The van der Waals surface area contributed by atoms with E-state index < -0.39 is 0 Å². The molecule has 1 fully saturated rings. The summed E-state index contributed by atoms with van der Waals surface area (Å²) in [5.41, 5.74) is 1.39. The summed E-state index contributed by atoms with van der Waals surface area (Å²) in [5, 5.41) is 3.65. The molecule has 0 spiro atoms. The van der Waals surface area contributed by atoms with E-state index in [2.05, 4.69) is 36.5 Å².